The van der Waals surface area contributed by atoms with E-state index in [1.165, 1.54) is 11.4 Å². The number of carbonyl (C=O) groups excluding carboxylic acids is 1. The number of methoxy groups -OCH3 is 1. The largest absolute Gasteiger partial charge is 0.496 e. The summed E-state index contributed by atoms with van der Waals surface area (Å²) in [5, 5.41) is 0. The van der Waals surface area contributed by atoms with Gasteiger partial charge in [0.1, 0.15) is 5.75 Å². The Balaban J connectivity index is 2.88. The van der Waals surface area contributed by atoms with Gasteiger partial charge in [-0.1, -0.05) is 31.5 Å². The van der Waals surface area contributed by atoms with Gasteiger partial charge >= 0.3 is 0 Å². The Hall–Kier alpha value is -1.60. The molecule has 23 heavy (non-hydrogen) atoms. The summed E-state index contributed by atoms with van der Waals surface area (Å²) in [6.45, 7) is 2.61. The summed E-state index contributed by atoms with van der Waals surface area (Å²) in [6.07, 6.45) is 2.99. The van der Waals surface area contributed by atoms with Gasteiger partial charge in [-0.25, -0.2) is 8.42 Å². The molecule has 6 nitrogen and oxygen atoms in total. The van der Waals surface area contributed by atoms with E-state index in [0.29, 0.717) is 12.3 Å². The smallest absolute Gasteiger partial charge is 0.237 e. The average molecular weight is 342 g/mol. The first-order valence-corrected chi connectivity index (χ1v) is 9.45. The fourth-order valence-corrected chi connectivity index (χ4v) is 2.82. The molecule has 7 heteroatoms. The normalized spacial score (nSPS) is 11.5. The highest BCUT2D eigenvalue weighted by atomic mass is 32.2. The van der Waals surface area contributed by atoms with E-state index in [2.05, 4.69) is 0 Å². The summed E-state index contributed by atoms with van der Waals surface area (Å²) in [5.74, 6) is 0.395. The number of ether oxygens (including phenoxy) is 1. The molecule has 0 atom stereocenters. The predicted molar refractivity (Wildman–Crippen MR) is 90.8 cm³/mol. The monoisotopic (exact) mass is 342 g/mol. The molecular formula is C16H26N2O4S. The number of rotatable bonds is 9. The minimum Gasteiger partial charge on any atom is -0.496 e. The third kappa shape index (κ3) is 6.19. The Kier molecular flexibility index (Phi) is 7.51. The van der Waals surface area contributed by atoms with Crippen LogP contribution in [0, 0.1) is 0 Å². The molecule has 130 valence electrons. The molecule has 1 rings (SSSR count). The molecule has 1 aromatic carbocycles. The van der Waals surface area contributed by atoms with Gasteiger partial charge in [0, 0.05) is 25.7 Å². The lowest BCUT2D eigenvalue weighted by molar-refractivity contribution is -0.130. The van der Waals surface area contributed by atoms with E-state index in [1.807, 2.05) is 19.1 Å². The van der Waals surface area contributed by atoms with Gasteiger partial charge in [-0.3, -0.25) is 4.79 Å². The molecular weight excluding hydrogens is 316 g/mol. The average Bonchev–Trinajstić information content (AvgIpc) is 2.51. The third-order valence-corrected chi connectivity index (χ3v) is 4.79. The second kappa shape index (κ2) is 8.88. The van der Waals surface area contributed by atoms with Gasteiger partial charge in [-0.15, -0.1) is 0 Å². The van der Waals surface area contributed by atoms with Crippen molar-refractivity contribution in [2.45, 2.75) is 26.3 Å². The van der Waals surface area contributed by atoms with Crippen molar-refractivity contribution < 1.29 is 17.9 Å². The number of sulfonamides is 1. The second-order valence-electron chi connectivity index (χ2n) is 5.51. The minimum absolute atomic E-state index is 0.107. The van der Waals surface area contributed by atoms with Crippen LogP contribution in [-0.4, -0.2) is 57.0 Å². The van der Waals surface area contributed by atoms with Crippen molar-refractivity contribution in [3.63, 3.8) is 0 Å². The van der Waals surface area contributed by atoms with Crippen molar-refractivity contribution in [3.05, 3.63) is 29.8 Å². The van der Waals surface area contributed by atoms with E-state index in [0.717, 1.165) is 24.7 Å². The van der Waals surface area contributed by atoms with Crippen LogP contribution in [0.2, 0.25) is 0 Å². The SMILES string of the molecule is CCCCN(C)C(=O)CN(Cc1ccccc1OC)S(C)(=O)=O. The molecule has 0 aliphatic carbocycles. The van der Waals surface area contributed by atoms with Crippen LogP contribution in [0.1, 0.15) is 25.3 Å². The Morgan fingerprint density at radius 3 is 2.48 bits per heavy atom. The first-order chi connectivity index (χ1) is 10.8. The lowest BCUT2D eigenvalue weighted by Crippen LogP contribution is -2.41. The van der Waals surface area contributed by atoms with E-state index < -0.39 is 10.0 Å². The fourth-order valence-electron chi connectivity index (χ4n) is 2.11. The van der Waals surface area contributed by atoms with E-state index in [1.54, 1.807) is 24.1 Å². The zero-order valence-corrected chi connectivity index (χ0v) is 15.1. The molecule has 0 N–H and O–H groups in total. The van der Waals surface area contributed by atoms with Crippen LogP contribution in [-0.2, 0) is 21.4 Å². The number of carbonyl (C=O) groups is 1. The number of amides is 1. The Morgan fingerprint density at radius 2 is 1.91 bits per heavy atom. The Bertz CT molecular complexity index is 616. The molecule has 0 aromatic heterocycles. The number of para-hydroxylation sites is 1. The molecule has 0 bridgehead atoms. The number of unbranched alkanes of at least 4 members (excludes halogenated alkanes) is 1. The fraction of sp³-hybridized carbons (Fsp3) is 0.562. The summed E-state index contributed by atoms with van der Waals surface area (Å²) < 4.78 is 30.5. The first kappa shape index (κ1) is 19.4. The van der Waals surface area contributed by atoms with Crippen LogP contribution in [0.15, 0.2) is 24.3 Å². The molecule has 0 aliphatic rings. The number of nitrogens with zero attached hydrogens (tertiary/aromatic N) is 2. The van der Waals surface area contributed by atoms with Crippen molar-refractivity contribution in [3.8, 4) is 5.75 Å². The van der Waals surface area contributed by atoms with E-state index >= 15 is 0 Å². The van der Waals surface area contributed by atoms with Crippen molar-refractivity contribution in [1.82, 2.24) is 9.21 Å². The Morgan fingerprint density at radius 1 is 1.26 bits per heavy atom. The molecule has 0 radical (unpaired) electrons. The minimum atomic E-state index is -3.51. The molecule has 1 amide bonds. The number of hydrogen-bond acceptors (Lipinski definition) is 4. The quantitative estimate of drug-likeness (QED) is 0.685. The van der Waals surface area contributed by atoms with Crippen LogP contribution in [0.3, 0.4) is 0 Å². The van der Waals surface area contributed by atoms with Gasteiger partial charge in [0.25, 0.3) is 0 Å². The lowest BCUT2D eigenvalue weighted by atomic mass is 10.2. The lowest BCUT2D eigenvalue weighted by Gasteiger charge is -2.24. The summed E-state index contributed by atoms with van der Waals surface area (Å²) >= 11 is 0. The molecule has 0 heterocycles. The number of hydrogen-bond donors (Lipinski definition) is 0. The Labute approximate surface area is 139 Å². The van der Waals surface area contributed by atoms with Crippen molar-refractivity contribution >= 4 is 15.9 Å². The van der Waals surface area contributed by atoms with Gasteiger partial charge in [-0.05, 0) is 12.5 Å². The molecule has 1 aromatic rings. The van der Waals surface area contributed by atoms with Crippen LogP contribution in [0.4, 0.5) is 0 Å². The zero-order valence-electron chi connectivity index (χ0n) is 14.3. The summed E-state index contributed by atoms with van der Waals surface area (Å²) in [7, 11) is -0.276. The summed E-state index contributed by atoms with van der Waals surface area (Å²) in [4.78, 5) is 13.8. The molecule has 0 fully saturated rings. The van der Waals surface area contributed by atoms with Crippen LogP contribution >= 0.6 is 0 Å². The standard InChI is InChI=1S/C16H26N2O4S/c1-5-6-11-17(2)16(19)13-18(23(4,20)21)12-14-9-7-8-10-15(14)22-3/h7-10H,5-6,11-13H2,1-4H3. The van der Waals surface area contributed by atoms with Gasteiger partial charge in [0.2, 0.25) is 15.9 Å². The topological polar surface area (TPSA) is 66.9 Å². The van der Waals surface area contributed by atoms with Gasteiger partial charge in [0.15, 0.2) is 0 Å². The first-order valence-electron chi connectivity index (χ1n) is 7.60. The highest BCUT2D eigenvalue weighted by Crippen LogP contribution is 2.20. The summed E-state index contributed by atoms with van der Waals surface area (Å²) in [5.41, 5.74) is 0.726. The van der Waals surface area contributed by atoms with Crippen molar-refractivity contribution in [2.24, 2.45) is 0 Å². The molecule has 0 aliphatic heterocycles. The van der Waals surface area contributed by atoms with Crippen LogP contribution in [0.25, 0.3) is 0 Å². The van der Waals surface area contributed by atoms with E-state index in [9.17, 15) is 13.2 Å². The highest BCUT2D eigenvalue weighted by molar-refractivity contribution is 7.88. The maximum atomic E-state index is 12.2. The third-order valence-electron chi connectivity index (χ3n) is 3.59. The van der Waals surface area contributed by atoms with Crippen molar-refractivity contribution in [2.75, 3.05) is 33.5 Å². The van der Waals surface area contributed by atoms with Crippen LogP contribution in [0.5, 0.6) is 5.75 Å². The van der Waals surface area contributed by atoms with Crippen molar-refractivity contribution in [1.29, 1.82) is 0 Å². The van der Waals surface area contributed by atoms with E-state index in [4.69, 9.17) is 4.74 Å². The zero-order chi connectivity index (χ0) is 17.5. The predicted octanol–water partition coefficient (Wildman–Crippen LogP) is 1.72. The van der Waals surface area contributed by atoms with Gasteiger partial charge in [0.05, 0.1) is 19.9 Å². The maximum absolute atomic E-state index is 12.2. The maximum Gasteiger partial charge on any atom is 0.237 e. The number of benzene rings is 1. The summed E-state index contributed by atoms with van der Waals surface area (Å²) in [6, 6.07) is 7.19. The second-order valence-corrected chi connectivity index (χ2v) is 7.49. The highest BCUT2D eigenvalue weighted by Gasteiger charge is 2.23. The molecule has 0 spiro atoms. The van der Waals surface area contributed by atoms with E-state index in [-0.39, 0.29) is 19.0 Å². The van der Waals surface area contributed by atoms with Crippen LogP contribution < -0.4 is 4.74 Å². The molecule has 0 saturated heterocycles. The molecule has 0 saturated carbocycles. The number of likely N-dealkylation sites (N-methyl/N-ethyl adjacent to an activating group) is 1. The van der Waals surface area contributed by atoms with Gasteiger partial charge in [-0.2, -0.15) is 4.31 Å². The van der Waals surface area contributed by atoms with Gasteiger partial charge < -0.3 is 9.64 Å². The molecule has 0 unspecified atom stereocenters.